The van der Waals surface area contributed by atoms with E-state index in [2.05, 4.69) is 0 Å². The molecule has 1 saturated heterocycles. The number of likely N-dealkylation sites (tertiary alicyclic amines) is 1. The van der Waals surface area contributed by atoms with Crippen LogP contribution in [0.5, 0.6) is 0 Å². The van der Waals surface area contributed by atoms with Crippen molar-refractivity contribution in [1.82, 2.24) is 4.90 Å². The van der Waals surface area contributed by atoms with Crippen molar-refractivity contribution < 1.29 is 9.59 Å². The van der Waals surface area contributed by atoms with Crippen LogP contribution in [0.4, 0.5) is 0 Å². The number of imide groups is 1. The fourth-order valence-electron chi connectivity index (χ4n) is 0.976. The molecule has 1 aliphatic rings. The minimum atomic E-state index is -0.0255. The van der Waals surface area contributed by atoms with E-state index in [0.717, 1.165) is 0 Å². The summed E-state index contributed by atoms with van der Waals surface area (Å²) < 4.78 is 0. The van der Waals surface area contributed by atoms with Crippen molar-refractivity contribution in [2.45, 2.75) is 19.8 Å². The van der Waals surface area contributed by atoms with Gasteiger partial charge in [0.15, 0.2) is 0 Å². The topological polar surface area (TPSA) is 40.0 Å². The van der Waals surface area contributed by atoms with E-state index in [1.807, 2.05) is 0 Å². The van der Waals surface area contributed by atoms with Crippen molar-refractivity contribution >= 4 is 11.8 Å². The lowest BCUT2D eigenvalue weighted by molar-refractivity contribution is -0.131. The van der Waals surface area contributed by atoms with Crippen molar-refractivity contribution in [2.75, 3.05) is 6.54 Å². The zero-order valence-electron chi connectivity index (χ0n) is 5.39. The number of rotatable bonds is 1. The van der Waals surface area contributed by atoms with Gasteiger partial charge in [-0.2, -0.15) is 0 Å². The minimum Gasteiger partial charge on any atom is -0.225 e. The number of carbonyl (C=O) groups is 2. The lowest BCUT2D eigenvalue weighted by Gasteiger charge is -1.91. The van der Waals surface area contributed by atoms with E-state index < -0.39 is 0 Å². The Morgan fingerprint density at radius 3 is 2.00 bits per heavy atom. The first-order chi connectivity index (χ1) is 4.25. The van der Waals surface area contributed by atoms with E-state index in [0.29, 0.717) is 19.4 Å². The highest BCUT2D eigenvalue weighted by Gasteiger charge is 2.39. The largest absolute Gasteiger partial charge is 0.369 e. The summed E-state index contributed by atoms with van der Waals surface area (Å²) in [5, 5.41) is 0. The van der Waals surface area contributed by atoms with Crippen LogP contribution in [-0.2, 0) is 9.59 Å². The molecular formula is C6H9NO2+. The molecule has 1 heterocycles. The van der Waals surface area contributed by atoms with Crippen molar-refractivity contribution in [2.24, 2.45) is 0 Å². The van der Waals surface area contributed by atoms with Gasteiger partial charge in [-0.05, 0) is 11.8 Å². The van der Waals surface area contributed by atoms with E-state index in [9.17, 15) is 9.59 Å². The predicted molar refractivity (Wildman–Crippen MR) is 31.9 cm³/mol. The Morgan fingerprint density at radius 2 is 1.78 bits per heavy atom. The number of hydrogen-bond acceptors (Lipinski definition) is 2. The summed E-state index contributed by atoms with van der Waals surface area (Å²) in [7, 11) is 0. The lowest BCUT2D eigenvalue weighted by atomic mass is 10.4. The Bertz CT molecular complexity index is 137. The van der Waals surface area contributed by atoms with Crippen LogP contribution in [-0.4, -0.2) is 18.4 Å². The van der Waals surface area contributed by atoms with Gasteiger partial charge in [-0.25, -0.2) is 9.59 Å². The van der Waals surface area contributed by atoms with Crippen molar-refractivity contribution in [3.8, 4) is 0 Å². The summed E-state index contributed by atoms with van der Waals surface area (Å²) in [4.78, 5) is 22.7. The number of hydrogen-bond donors (Lipinski definition) is 0. The molecule has 3 nitrogen and oxygen atoms in total. The molecule has 0 atom stereocenters. The van der Waals surface area contributed by atoms with E-state index >= 15 is 0 Å². The van der Waals surface area contributed by atoms with Crippen LogP contribution >= 0.6 is 0 Å². The standard InChI is InChI=1S/C6H9NO2/c1-2-7-5(8)3-4-6(7)9/h2-4H2,1H3/q+1. The molecule has 0 saturated carbocycles. The highest BCUT2D eigenvalue weighted by atomic mass is 16.2. The molecule has 2 amide bonds. The van der Waals surface area contributed by atoms with Gasteiger partial charge in [0, 0.05) is 0 Å². The average Bonchev–Trinajstić information content (AvgIpc) is 2.12. The first kappa shape index (κ1) is 6.42. The number of carbonyl (C=O) groups excluding carboxylic acids is 2. The Hall–Kier alpha value is -0.700. The van der Waals surface area contributed by atoms with Crippen molar-refractivity contribution in [1.29, 1.82) is 0 Å². The van der Waals surface area contributed by atoms with Gasteiger partial charge >= 0.3 is 11.8 Å². The van der Waals surface area contributed by atoms with Crippen LogP contribution in [0.15, 0.2) is 0 Å². The molecule has 1 aliphatic heterocycles. The van der Waals surface area contributed by atoms with E-state index in [1.54, 1.807) is 6.92 Å². The van der Waals surface area contributed by atoms with Gasteiger partial charge in [0.25, 0.3) is 0 Å². The van der Waals surface area contributed by atoms with Crippen molar-refractivity contribution in [3.05, 3.63) is 0 Å². The number of nitrogens with zero attached hydrogens (tertiary/aromatic N) is 1. The minimum absolute atomic E-state index is 0.0255. The third kappa shape index (κ3) is 1.00. The third-order valence-electron chi connectivity index (χ3n) is 1.47. The first-order valence-corrected chi connectivity index (χ1v) is 3.09. The zero-order valence-corrected chi connectivity index (χ0v) is 5.39. The maximum absolute atomic E-state index is 10.7. The highest BCUT2D eigenvalue weighted by molar-refractivity contribution is 6.05. The van der Waals surface area contributed by atoms with Crippen LogP contribution in [0.25, 0.3) is 0 Å². The van der Waals surface area contributed by atoms with E-state index in [1.165, 1.54) is 4.90 Å². The molecule has 0 aliphatic carbocycles. The molecule has 49 valence electrons. The first-order valence-electron chi connectivity index (χ1n) is 3.09. The molecule has 0 unspecified atom stereocenters. The van der Waals surface area contributed by atoms with Crippen LogP contribution in [0.1, 0.15) is 19.8 Å². The highest BCUT2D eigenvalue weighted by Crippen LogP contribution is 2.06. The molecule has 1 fully saturated rings. The molecule has 1 radical (unpaired) electrons. The summed E-state index contributed by atoms with van der Waals surface area (Å²) >= 11 is 0. The monoisotopic (exact) mass is 127 g/mol. The molecule has 0 bridgehead atoms. The summed E-state index contributed by atoms with van der Waals surface area (Å²) in [6.45, 7) is 2.33. The fourth-order valence-corrected chi connectivity index (χ4v) is 0.976. The van der Waals surface area contributed by atoms with Crippen molar-refractivity contribution in [3.63, 3.8) is 0 Å². The molecule has 0 aromatic heterocycles. The molecular weight excluding hydrogens is 118 g/mol. The molecule has 0 aromatic carbocycles. The fraction of sp³-hybridized carbons (Fsp3) is 0.667. The Balaban J connectivity index is 2.66. The summed E-state index contributed by atoms with van der Waals surface area (Å²) in [5.41, 5.74) is 0. The van der Waals surface area contributed by atoms with Gasteiger partial charge < -0.3 is 0 Å². The maximum Gasteiger partial charge on any atom is 0.369 e. The Morgan fingerprint density at radius 1 is 1.33 bits per heavy atom. The summed E-state index contributed by atoms with van der Waals surface area (Å²) in [6.07, 6.45) is 0.819. The van der Waals surface area contributed by atoms with E-state index in [4.69, 9.17) is 0 Å². The Kier molecular flexibility index (Phi) is 1.62. The molecule has 0 aromatic rings. The molecule has 1 rings (SSSR count). The van der Waals surface area contributed by atoms with Gasteiger partial charge in [0.1, 0.15) is 6.54 Å². The molecule has 3 heteroatoms. The third-order valence-corrected chi connectivity index (χ3v) is 1.47. The molecule has 0 spiro atoms. The molecule has 0 N–H and O–H groups in total. The van der Waals surface area contributed by atoms with Crippen LogP contribution < -0.4 is 4.90 Å². The van der Waals surface area contributed by atoms with E-state index in [-0.39, 0.29) is 11.8 Å². The second kappa shape index (κ2) is 2.27. The lowest BCUT2D eigenvalue weighted by Crippen LogP contribution is -2.34. The van der Waals surface area contributed by atoms with Crippen LogP contribution in [0.3, 0.4) is 0 Å². The Labute approximate surface area is 53.6 Å². The average molecular weight is 127 g/mol. The predicted octanol–water partition coefficient (Wildman–Crippen LogP) is -0.00660. The normalized spacial score (nSPS) is 21.4. The van der Waals surface area contributed by atoms with Gasteiger partial charge in [0.05, 0.1) is 12.8 Å². The van der Waals surface area contributed by atoms with Gasteiger partial charge in [-0.15, -0.1) is 0 Å². The summed E-state index contributed by atoms with van der Waals surface area (Å²) in [5.74, 6) is -0.0509. The number of amides is 2. The van der Waals surface area contributed by atoms with Gasteiger partial charge in [0.2, 0.25) is 0 Å². The zero-order chi connectivity index (χ0) is 6.85. The molecule has 9 heavy (non-hydrogen) atoms. The smallest absolute Gasteiger partial charge is 0.225 e. The quantitative estimate of drug-likeness (QED) is 0.367. The van der Waals surface area contributed by atoms with Gasteiger partial charge in [-0.1, -0.05) is 0 Å². The van der Waals surface area contributed by atoms with Crippen LogP contribution in [0.2, 0.25) is 0 Å². The summed E-state index contributed by atoms with van der Waals surface area (Å²) in [6, 6.07) is 0. The second-order valence-corrected chi connectivity index (χ2v) is 2.03. The maximum atomic E-state index is 10.7. The second-order valence-electron chi connectivity index (χ2n) is 2.03. The van der Waals surface area contributed by atoms with Crippen LogP contribution in [0, 0.1) is 0 Å². The SMILES string of the molecule is CC[N+]1C(=O)CCC1=O. The van der Waals surface area contributed by atoms with Gasteiger partial charge in [-0.3, -0.25) is 0 Å².